The molecule has 1 amide bonds. The van der Waals surface area contributed by atoms with Gasteiger partial charge in [0.2, 0.25) is 5.91 Å². The van der Waals surface area contributed by atoms with E-state index in [4.69, 9.17) is 0 Å². The van der Waals surface area contributed by atoms with E-state index in [9.17, 15) is 9.18 Å². The van der Waals surface area contributed by atoms with E-state index in [0.29, 0.717) is 18.9 Å². The first-order valence-electron chi connectivity index (χ1n) is 7.64. The third-order valence-corrected chi connectivity index (χ3v) is 3.69. The maximum atomic E-state index is 12.8. The molecular formula is C19H22FNO. The van der Waals surface area contributed by atoms with Gasteiger partial charge in [0, 0.05) is 13.0 Å². The van der Waals surface area contributed by atoms with Crippen LogP contribution < -0.4 is 5.32 Å². The molecule has 116 valence electrons. The quantitative estimate of drug-likeness (QED) is 0.851. The summed E-state index contributed by atoms with van der Waals surface area (Å²) in [6, 6.07) is 14.6. The summed E-state index contributed by atoms with van der Waals surface area (Å²) in [6.45, 7) is 4.77. The van der Waals surface area contributed by atoms with E-state index >= 15 is 0 Å². The Balaban J connectivity index is 1.76. The minimum absolute atomic E-state index is 0.0114. The van der Waals surface area contributed by atoms with Gasteiger partial charge in [-0.25, -0.2) is 4.39 Å². The third-order valence-electron chi connectivity index (χ3n) is 3.69. The predicted octanol–water partition coefficient (Wildman–Crippen LogP) is 4.20. The van der Waals surface area contributed by atoms with Gasteiger partial charge in [-0.15, -0.1) is 0 Å². The predicted molar refractivity (Wildman–Crippen MR) is 87.1 cm³/mol. The zero-order chi connectivity index (χ0) is 15.9. The Morgan fingerprint density at radius 3 is 2.18 bits per heavy atom. The van der Waals surface area contributed by atoms with E-state index in [1.165, 1.54) is 23.3 Å². The van der Waals surface area contributed by atoms with Crippen LogP contribution in [0.2, 0.25) is 0 Å². The normalized spacial score (nSPS) is 10.7. The lowest BCUT2D eigenvalue weighted by Crippen LogP contribution is -2.22. The van der Waals surface area contributed by atoms with Crippen LogP contribution in [0.3, 0.4) is 0 Å². The number of hydrogen-bond acceptors (Lipinski definition) is 1. The molecule has 2 rings (SSSR count). The highest BCUT2D eigenvalue weighted by Gasteiger charge is 2.04. The van der Waals surface area contributed by atoms with Crippen molar-refractivity contribution in [1.29, 1.82) is 0 Å². The van der Waals surface area contributed by atoms with Gasteiger partial charge < -0.3 is 5.32 Å². The van der Waals surface area contributed by atoms with Gasteiger partial charge in [-0.05, 0) is 41.2 Å². The minimum atomic E-state index is -0.264. The van der Waals surface area contributed by atoms with Gasteiger partial charge in [0.1, 0.15) is 5.82 Å². The Bertz CT molecular complexity index is 602. The van der Waals surface area contributed by atoms with Gasteiger partial charge in [0.05, 0.1) is 0 Å². The topological polar surface area (TPSA) is 29.1 Å². The van der Waals surface area contributed by atoms with Crippen LogP contribution in [-0.4, -0.2) is 5.91 Å². The maximum Gasteiger partial charge on any atom is 0.220 e. The first-order valence-corrected chi connectivity index (χ1v) is 7.64. The van der Waals surface area contributed by atoms with Crippen molar-refractivity contribution in [3.63, 3.8) is 0 Å². The van der Waals surface area contributed by atoms with Gasteiger partial charge in [0.15, 0.2) is 0 Å². The molecule has 0 aliphatic heterocycles. The highest BCUT2D eigenvalue weighted by Crippen LogP contribution is 2.15. The lowest BCUT2D eigenvalue weighted by Gasteiger charge is -2.08. The number of rotatable bonds is 6. The minimum Gasteiger partial charge on any atom is -0.352 e. The zero-order valence-corrected chi connectivity index (χ0v) is 13.1. The average molecular weight is 299 g/mol. The second kappa shape index (κ2) is 7.74. The summed E-state index contributed by atoms with van der Waals surface area (Å²) in [6.07, 6.45) is 1.19. The highest BCUT2D eigenvalue weighted by atomic mass is 19.1. The molecule has 2 aromatic rings. The first-order chi connectivity index (χ1) is 10.5. The SMILES string of the molecule is CC(C)c1ccc(CCC(=O)NCc2ccc(F)cc2)cc1. The number of amides is 1. The molecule has 0 spiro atoms. The fraction of sp³-hybridized carbons (Fsp3) is 0.316. The summed E-state index contributed by atoms with van der Waals surface area (Å²) in [4.78, 5) is 11.8. The van der Waals surface area contributed by atoms with Crippen LogP contribution >= 0.6 is 0 Å². The lowest BCUT2D eigenvalue weighted by atomic mass is 10.0. The first kappa shape index (κ1) is 16.2. The van der Waals surface area contributed by atoms with Crippen molar-refractivity contribution >= 4 is 5.91 Å². The third kappa shape index (κ3) is 4.99. The summed E-state index contributed by atoms with van der Waals surface area (Å²) >= 11 is 0. The van der Waals surface area contributed by atoms with Crippen molar-refractivity contribution in [3.05, 3.63) is 71.0 Å². The Morgan fingerprint density at radius 2 is 1.59 bits per heavy atom. The molecule has 0 saturated carbocycles. The van der Waals surface area contributed by atoms with Crippen LogP contribution in [0.5, 0.6) is 0 Å². The van der Waals surface area contributed by atoms with Crippen molar-refractivity contribution in [2.45, 2.75) is 39.2 Å². The molecule has 0 heterocycles. The van der Waals surface area contributed by atoms with E-state index in [1.807, 2.05) is 0 Å². The monoisotopic (exact) mass is 299 g/mol. The molecule has 0 aromatic heterocycles. The van der Waals surface area contributed by atoms with Gasteiger partial charge >= 0.3 is 0 Å². The number of benzene rings is 2. The fourth-order valence-electron chi connectivity index (χ4n) is 2.22. The second-order valence-corrected chi connectivity index (χ2v) is 5.80. The Hall–Kier alpha value is -2.16. The van der Waals surface area contributed by atoms with Crippen LogP contribution in [0.25, 0.3) is 0 Å². The molecule has 0 aliphatic carbocycles. The molecule has 3 heteroatoms. The molecule has 0 fully saturated rings. The molecule has 2 aromatic carbocycles. The summed E-state index contributed by atoms with van der Waals surface area (Å²) < 4.78 is 12.8. The van der Waals surface area contributed by atoms with E-state index in [1.54, 1.807) is 12.1 Å². The molecule has 2 nitrogen and oxygen atoms in total. The van der Waals surface area contributed by atoms with Crippen LogP contribution in [0.15, 0.2) is 48.5 Å². The molecule has 1 N–H and O–H groups in total. The van der Waals surface area contributed by atoms with Gasteiger partial charge in [-0.2, -0.15) is 0 Å². The summed E-state index contributed by atoms with van der Waals surface area (Å²) in [7, 11) is 0. The molecule has 0 unspecified atom stereocenters. The Labute approximate surface area is 131 Å². The van der Waals surface area contributed by atoms with Gasteiger partial charge in [-0.3, -0.25) is 4.79 Å². The molecule has 0 radical (unpaired) electrons. The molecule has 0 saturated heterocycles. The van der Waals surface area contributed by atoms with E-state index in [2.05, 4.69) is 43.4 Å². The smallest absolute Gasteiger partial charge is 0.220 e. The van der Waals surface area contributed by atoms with E-state index in [-0.39, 0.29) is 11.7 Å². The summed E-state index contributed by atoms with van der Waals surface area (Å²) in [5.41, 5.74) is 3.38. The summed E-state index contributed by atoms with van der Waals surface area (Å²) in [5, 5.41) is 2.86. The Morgan fingerprint density at radius 1 is 1.00 bits per heavy atom. The highest BCUT2D eigenvalue weighted by molar-refractivity contribution is 5.76. The maximum absolute atomic E-state index is 12.8. The second-order valence-electron chi connectivity index (χ2n) is 5.80. The number of halogens is 1. The van der Waals surface area contributed by atoms with Crippen molar-refractivity contribution in [2.75, 3.05) is 0 Å². The van der Waals surface area contributed by atoms with E-state index < -0.39 is 0 Å². The van der Waals surface area contributed by atoms with Crippen LogP contribution in [0, 0.1) is 5.82 Å². The molecule has 0 atom stereocenters. The van der Waals surface area contributed by atoms with Crippen LogP contribution in [0.4, 0.5) is 4.39 Å². The van der Waals surface area contributed by atoms with Gasteiger partial charge in [-0.1, -0.05) is 50.2 Å². The summed E-state index contributed by atoms with van der Waals surface area (Å²) in [5.74, 6) is 0.269. The van der Waals surface area contributed by atoms with Gasteiger partial charge in [0.25, 0.3) is 0 Å². The molecular weight excluding hydrogens is 277 g/mol. The molecule has 0 aliphatic rings. The van der Waals surface area contributed by atoms with Crippen molar-refractivity contribution in [1.82, 2.24) is 5.32 Å². The number of carbonyl (C=O) groups excluding carboxylic acids is 1. The van der Waals surface area contributed by atoms with E-state index in [0.717, 1.165) is 12.0 Å². The number of hydrogen-bond donors (Lipinski definition) is 1. The van der Waals surface area contributed by atoms with Crippen molar-refractivity contribution in [2.24, 2.45) is 0 Å². The lowest BCUT2D eigenvalue weighted by molar-refractivity contribution is -0.121. The Kier molecular flexibility index (Phi) is 5.70. The van der Waals surface area contributed by atoms with Crippen LogP contribution in [-0.2, 0) is 17.8 Å². The largest absolute Gasteiger partial charge is 0.352 e. The van der Waals surface area contributed by atoms with Crippen molar-refractivity contribution in [3.8, 4) is 0 Å². The molecule has 22 heavy (non-hydrogen) atoms. The number of carbonyl (C=O) groups is 1. The zero-order valence-electron chi connectivity index (χ0n) is 13.1. The van der Waals surface area contributed by atoms with Crippen LogP contribution in [0.1, 0.15) is 42.9 Å². The fourth-order valence-corrected chi connectivity index (χ4v) is 2.22. The number of aryl methyl sites for hydroxylation is 1. The molecule has 0 bridgehead atoms. The average Bonchev–Trinajstić information content (AvgIpc) is 2.52. The van der Waals surface area contributed by atoms with Crippen molar-refractivity contribution < 1.29 is 9.18 Å². The standard InChI is InChI=1S/C19H22FNO/c1-14(2)17-8-3-15(4-9-17)7-12-19(22)21-13-16-5-10-18(20)11-6-16/h3-6,8-11,14H,7,12-13H2,1-2H3,(H,21,22). The number of nitrogens with one attached hydrogen (secondary N) is 1.